The van der Waals surface area contributed by atoms with E-state index in [0.717, 1.165) is 5.56 Å². The molecule has 0 atom stereocenters. The van der Waals surface area contributed by atoms with Gasteiger partial charge in [-0.3, -0.25) is 4.79 Å². The van der Waals surface area contributed by atoms with Crippen LogP contribution in [0.15, 0.2) is 40.0 Å². The Morgan fingerprint density at radius 1 is 1.50 bits per heavy atom. The minimum absolute atomic E-state index is 0.138. The van der Waals surface area contributed by atoms with Crippen LogP contribution in [0.5, 0.6) is 0 Å². The van der Waals surface area contributed by atoms with Crippen molar-refractivity contribution in [3.05, 3.63) is 56.6 Å². The van der Waals surface area contributed by atoms with Crippen LogP contribution in [0, 0.1) is 0 Å². The first-order valence-electron chi connectivity index (χ1n) is 4.69. The highest BCUT2D eigenvalue weighted by Gasteiger charge is 2.05. The van der Waals surface area contributed by atoms with Crippen LogP contribution >= 0.6 is 23.6 Å². The molecule has 0 fully saturated rings. The van der Waals surface area contributed by atoms with Gasteiger partial charge in [-0.1, -0.05) is 12.2 Å². The van der Waals surface area contributed by atoms with Crippen LogP contribution in [0.3, 0.4) is 0 Å². The number of thiophene rings is 1. The van der Waals surface area contributed by atoms with Gasteiger partial charge in [-0.25, -0.2) is 0 Å². The molecule has 3 nitrogen and oxygen atoms in total. The summed E-state index contributed by atoms with van der Waals surface area (Å²) in [6, 6.07) is 5.42. The molecule has 0 saturated heterocycles. The quantitative estimate of drug-likeness (QED) is 0.842. The molecule has 2 rings (SSSR count). The van der Waals surface area contributed by atoms with Crippen LogP contribution < -0.4 is 11.3 Å². The van der Waals surface area contributed by atoms with E-state index in [9.17, 15) is 4.79 Å². The van der Waals surface area contributed by atoms with Gasteiger partial charge in [-0.05, 0) is 34.5 Å². The van der Waals surface area contributed by atoms with E-state index in [1.54, 1.807) is 34.2 Å². The highest BCUT2D eigenvalue weighted by atomic mass is 32.1. The summed E-state index contributed by atoms with van der Waals surface area (Å²) < 4.78 is 1.61. The number of hydrogen-bond donors (Lipinski definition) is 1. The van der Waals surface area contributed by atoms with E-state index in [0.29, 0.717) is 12.1 Å². The topological polar surface area (TPSA) is 48.0 Å². The lowest BCUT2D eigenvalue weighted by Gasteiger charge is -2.05. The number of thiocarbonyl (C=S) groups is 1. The van der Waals surface area contributed by atoms with Gasteiger partial charge in [0, 0.05) is 6.20 Å². The third-order valence-corrected chi connectivity index (χ3v) is 3.17. The van der Waals surface area contributed by atoms with Crippen molar-refractivity contribution in [2.45, 2.75) is 6.54 Å². The molecule has 5 heteroatoms. The van der Waals surface area contributed by atoms with E-state index in [1.165, 1.54) is 0 Å². The molecule has 0 aliphatic heterocycles. The Morgan fingerprint density at radius 2 is 2.31 bits per heavy atom. The number of aromatic nitrogens is 1. The first-order valence-corrected chi connectivity index (χ1v) is 6.04. The molecular formula is C11H10N2OS2. The molecule has 0 amide bonds. The Balaban J connectivity index is 2.39. The average Bonchev–Trinajstić information content (AvgIpc) is 2.73. The van der Waals surface area contributed by atoms with E-state index in [4.69, 9.17) is 18.0 Å². The fourth-order valence-corrected chi connectivity index (χ4v) is 2.24. The van der Waals surface area contributed by atoms with E-state index >= 15 is 0 Å². The summed E-state index contributed by atoms with van der Waals surface area (Å²) in [6.07, 6.45) is 1.74. The molecule has 0 aliphatic carbocycles. The zero-order valence-electron chi connectivity index (χ0n) is 8.42. The van der Waals surface area contributed by atoms with Crippen LogP contribution in [0.25, 0.3) is 0 Å². The molecule has 0 aliphatic rings. The van der Waals surface area contributed by atoms with Crippen molar-refractivity contribution >= 4 is 28.5 Å². The van der Waals surface area contributed by atoms with E-state index < -0.39 is 0 Å². The maximum absolute atomic E-state index is 11.9. The second-order valence-corrected chi connectivity index (χ2v) is 4.57. The SMILES string of the molecule is NC(=S)c1cccn(Cc2ccsc2)c1=O. The maximum Gasteiger partial charge on any atom is 0.261 e. The third kappa shape index (κ3) is 2.20. The largest absolute Gasteiger partial charge is 0.389 e. The first kappa shape index (κ1) is 11.0. The lowest BCUT2D eigenvalue weighted by atomic mass is 10.2. The van der Waals surface area contributed by atoms with Gasteiger partial charge < -0.3 is 10.3 Å². The second-order valence-electron chi connectivity index (χ2n) is 3.35. The molecule has 2 N–H and O–H groups in total. The number of nitrogens with zero attached hydrogens (tertiary/aromatic N) is 1. The van der Waals surface area contributed by atoms with Crippen LogP contribution in [0.4, 0.5) is 0 Å². The molecule has 0 unspecified atom stereocenters. The van der Waals surface area contributed by atoms with E-state index in [2.05, 4.69) is 0 Å². The highest BCUT2D eigenvalue weighted by molar-refractivity contribution is 7.80. The third-order valence-electron chi connectivity index (χ3n) is 2.22. The zero-order valence-corrected chi connectivity index (χ0v) is 10.1. The van der Waals surface area contributed by atoms with Crippen LogP contribution in [0.2, 0.25) is 0 Å². The summed E-state index contributed by atoms with van der Waals surface area (Å²) in [5.74, 6) is 0. The average molecular weight is 250 g/mol. The van der Waals surface area contributed by atoms with Gasteiger partial charge in [0.05, 0.1) is 12.1 Å². The van der Waals surface area contributed by atoms with Gasteiger partial charge in [0.2, 0.25) is 0 Å². The van der Waals surface area contributed by atoms with Crippen LogP contribution in [-0.2, 0) is 6.54 Å². The molecule has 0 saturated carbocycles. The Morgan fingerprint density at radius 3 is 2.94 bits per heavy atom. The minimum Gasteiger partial charge on any atom is -0.389 e. The Bertz CT molecular complexity index is 558. The Labute approximate surface area is 102 Å². The number of rotatable bonds is 3. The second kappa shape index (κ2) is 4.59. The molecule has 16 heavy (non-hydrogen) atoms. The number of pyridine rings is 1. The molecule has 2 heterocycles. The highest BCUT2D eigenvalue weighted by Crippen LogP contribution is 2.07. The van der Waals surface area contributed by atoms with Crippen LogP contribution in [0.1, 0.15) is 11.1 Å². The van der Waals surface area contributed by atoms with Crippen molar-refractivity contribution in [1.29, 1.82) is 0 Å². The molecule has 0 radical (unpaired) electrons. The standard InChI is InChI=1S/C11H10N2OS2/c12-10(15)9-2-1-4-13(11(9)14)6-8-3-5-16-7-8/h1-5,7H,6H2,(H2,12,15). The molecule has 0 spiro atoms. The van der Waals surface area contributed by atoms with Gasteiger partial charge in [-0.2, -0.15) is 11.3 Å². The fraction of sp³-hybridized carbons (Fsp3) is 0.0909. The van der Waals surface area contributed by atoms with E-state index in [1.807, 2.05) is 16.8 Å². The monoisotopic (exact) mass is 250 g/mol. The van der Waals surface area contributed by atoms with Crippen molar-refractivity contribution in [3.8, 4) is 0 Å². The van der Waals surface area contributed by atoms with Gasteiger partial charge in [0.25, 0.3) is 5.56 Å². The Hall–Kier alpha value is -1.46. The summed E-state index contributed by atoms with van der Waals surface area (Å²) >= 11 is 6.43. The molecule has 2 aromatic rings. The summed E-state index contributed by atoms with van der Waals surface area (Å²) in [6.45, 7) is 0.554. The lowest BCUT2D eigenvalue weighted by Crippen LogP contribution is -2.28. The molecule has 2 aromatic heterocycles. The van der Waals surface area contributed by atoms with Crippen molar-refractivity contribution < 1.29 is 0 Å². The van der Waals surface area contributed by atoms with Crippen molar-refractivity contribution in [2.24, 2.45) is 5.73 Å². The number of nitrogens with two attached hydrogens (primary N) is 1. The van der Waals surface area contributed by atoms with Crippen LogP contribution in [-0.4, -0.2) is 9.56 Å². The normalized spacial score (nSPS) is 10.2. The number of hydrogen-bond acceptors (Lipinski definition) is 3. The Kier molecular flexibility index (Phi) is 3.17. The van der Waals surface area contributed by atoms with Crippen molar-refractivity contribution in [1.82, 2.24) is 4.57 Å². The van der Waals surface area contributed by atoms with Gasteiger partial charge >= 0.3 is 0 Å². The summed E-state index contributed by atoms with van der Waals surface area (Å²) in [5, 5.41) is 4.00. The van der Waals surface area contributed by atoms with E-state index in [-0.39, 0.29) is 10.5 Å². The predicted molar refractivity (Wildman–Crippen MR) is 70.0 cm³/mol. The zero-order chi connectivity index (χ0) is 11.5. The van der Waals surface area contributed by atoms with Gasteiger partial charge in [0.1, 0.15) is 4.99 Å². The maximum atomic E-state index is 11.9. The summed E-state index contributed by atoms with van der Waals surface area (Å²) in [4.78, 5) is 12.1. The van der Waals surface area contributed by atoms with Crippen molar-refractivity contribution in [2.75, 3.05) is 0 Å². The summed E-state index contributed by atoms with van der Waals surface area (Å²) in [5.41, 5.74) is 6.84. The smallest absolute Gasteiger partial charge is 0.261 e. The lowest BCUT2D eigenvalue weighted by molar-refractivity contribution is 0.760. The molecule has 0 bridgehead atoms. The fourth-order valence-electron chi connectivity index (χ4n) is 1.43. The van der Waals surface area contributed by atoms with Crippen molar-refractivity contribution in [3.63, 3.8) is 0 Å². The van der Waals surface area contributed by atoms with Gasteiger partial charge in [-0.15, -0.1) is 0 Å². The first-order chi connectivity index (χ1) is 7.68. The predicted octanol–water partition coefficient (Wildman–Crippen LogP) is 1.59. The molecular weight excluding hydrogens is 240 g/mol. The van der Waals surface area contributed by atoms with Gasteiger partial charge in [0.15, 0.2) is 0 Å². The molecule has 0 aromatic carbocycles. The minimum atomic E-state index is -0.138. The molecule has 82 valence electrons. The summed E-state index contributed by atoms with van der Waals surface area (Å²) in [7, 11) is 0.